The Labute approximate surface area is 128 Å². The van der Waals surface area contributed by atoms with Crippen LogP contribution in [0.4, 0.5) is 5.69 Å². The molecule has 1 aromatic rings. The van der Waals surface area contributed by atoms with E-state index in [1.165, 1.54) is 5.56 Å². The molecule has 0 aliphatic carbocycles. The molecule has 3 nitrogen and oxygen atoms in total. The molecular weight excluding hydrogens is 272 g/mol. The first kappa shape index (κ1) is 17.3. The molecule has 0 aliphatic rings. The number of anilines is 1. The molecule has 1 unspecified atom stereocenters. The van der Waals surface area contributed by atoms with Gasteiger partial charge in [0.05, 0.1) is 23.4 Å². The maximum absolute atomic E-state index is 6.37. The van der Waals surface area contributed by atoms with Gasteiger partial charge in [-0.15, -0.1) is 0 Å². The van der Waals surface area contributed by atoms with Crippen molar-refractivity contribution in [1.82, 2.24) is 0 Å². The van der Waals surface area contributed by atoms with E-state index >= 15 is 0 Å². The fourth-order valence-electron chi connectivity index (χ4n) is 1.98. The number of hydrogen-bond acceptors (Lipinski definition) is 3. The predicted molar refractivity (Wildman–Crippen MR) is 87.8 cm³/mol. The summed E-state index contributed by atoms with van der Waals surface area (Å²) in [6.45, 7) is 7.71. The first-order chi connectivity index (χ1) is 9.43. The number of likely N-dealkylation sites (N-methyl/N-ethyl adjacent to an activating group) is 1. The van der Waals surface area contributed by atoms with Gasteiger partial charge in [-0.1, -0.05) is 24.6 Å². The molecule has 0 heterocycles. The smallest absolute Gasteiger partial charge is 0.0644 e. The lowest BCUT2D eigenvalue weighted by Gasteiger charge is -2.22. The number of ether oxygens (including phenoxy) is 1. The van der Waals surface area contributed by atoms with E-state index in [0.29, 0.717) is 6.61 Å². The lowest BCUT2D eigenvalue weighted by Crippen LogP contribution is -2.24. The Hall–Kier alpha value is -0.770. The van der Waals surface area contributed by atoms with Crippen molar-refractivity contribution in [1.29, 1.82) is 0 Å². The molecule has 4 heteroatoms. The van der Waals surface area contributed by atoms with Crippen LogP contribution in [-0.2, 0) is 11.2 Å². The van der Waals surface area contributed by atoms with Crippen molar-refractivity contribution >= 4 is 17.3 Å². The summed E-state index contributed by atoms with van der Waals surface area (Å²) in [5.74, 6) is 0. The Morgan fingerprint density at radius 3 is 2.60 bits per heavy atom. The van der Waals surface area contributed by atoms with Gasteiger partial charge in [0.15, 0.2) is 0 Å². The normalized spacial score (nSPS) is 12.8. The first-order valence-electron chi connectivity index (χ1n) is 7.30. The molecule has 1 aromatic carbocycles. The molecule has 20 heavy (non-hydrogen) atoms. The lowest BCUT2D eigenvalue weighted by atomic mass is 10.0. The van der Waals surface area contributed by atoms with E-state index in [4.69, 9.17) is 22.1 Å². The second-order valence-corrected chi connectivity index (χ2v) is 5.91. The zero-order chi connectivity index (χ0) is 15.1. The molecular formula is C16H27ClN2O. The molecule has 0 amide bonds. The number of nitrogens with zero attached hydrogens (tertiary/aromatic N) is 1. The minimum atomic E-state index is 0.203. The third-order valence-electron chi connectivity index (χ3n) is 3.32. The highest BCUT2D eigenvalue weighted by Crippen LogP contribution is 2.26. The minimum Gasteiger partial charge on any atom is -0.377 e. The maximum atomic E-state index is 6.37. The van der Waals surface area contributed by atoms with Crippen LogP contribution in [-0.4, -0.2) is 32.3 Å². The van der Waals surface area contributed by atoms with E-state index in [0.717, 1.165) is 30.1 Å². The molecule has 2 N–H and O–H groups in total. The van der Waals surface area contributed by atoms with Crippen LogP contribution in [0.3, 0.4) is 0 Å². The molecule has 1 rings (SSSR count). The highest BCUT2D eigenvalue weighted by molar-refractivity contribution is 6.33. The second kappa shape index (κ2) is 8.50. The minimum absolute atomic E-state index is 0.203. The van der Waals surface area contributed by atoms with Crippen LogP contribution in [0.5, 0.6) is 0 Å². The van der Waals surface area contributed by atoms with Crippen LogP contribution in [0, 0.1) is 0 Å². The maximum Gasteiger partial charge on any atom is 0.0644 e. The van der Waals surface area contributed by atoms with Gasteiger partial charge >= 0.3 is 0 Å². The van der Waals surface area contributed by atoms with Gasteiger partial charge in [0.25, 0.3) is 0 Å². The molecule has 0 fully saturated rings. The molecule has 0 aromatic heterocycles. The average Bonchev–Trinajstić information content (AvgIpc) is 2.38. The van der Waals surface area contributed by atoms with Crippen molar-refractivity contribution in [2.45, 2.75) is 45.8 Å². The van der Waals surface area contributed by atoms with Crippen LogP contribution in [0.2, 0.25) is 5.02 Å². The van der Waals surface area contributed by atoms with E-state index < -0.39 is 0 Å². The molecule has 0 radical (unpaired) electrons. The summed E-state index contributed by atoms with van der Waals surface area (Å²) in [5, 5.41) is 0.776. The topological polar surface area (TPSA) is 38.5 Å². The van der Waals surface area contributed by atoms with Gasteiger partial charge in [-0.3, -0.25) is 0 Å². The Morgan fingerprint density at radius 2 is 2.05 bits per heavy atom. The average molecular weight is 299 g/mol. The quantitative estimate of drug-likeness (QED) is 0.798. The van der Waals surface area contributed by atoms with Gasteiger partial charge in [-0.25, -0.2) is 0 Å². The summed E-state index contributed by atoms with van der Waals surface area (Å²) in [6, 6.07) is 6.40. The third kappa shape index (κ3) is 5.70. The molecule has 0 saturated heterocycles. The predicted octanol–water partition coefficient (Wildman–Crippen LogP) is 3.48. The largest absolute Gasteiger partial charge is 0.377 e. The standard InChI is InChI=1S/C16H27ClN2O/c1-5-14(18)10-13-6-7-16(15(17)11-13)19(4)8-9-20-12(2)3/h6-7,11-12,14H,5,8-10,18H2,1-4H3. The van der Waals surface area contributed by atoms with Crippen LogP contribution >= 0.6 is 11.6 Å². The van der Waals surface area contributed by atoms with Crippen molar-refractivity contribution in [3.05, 3.63) is 28.8 Å². The summed E-state index contributed by atoms with van der Waals surface area (Å²) in [7, 11) is 2.03. The van der Waals surface area contributed by atoms with Gasteiger partial charge in [-0.2, -0.15) is 0 Å². The summed E-state index contributed by atoms with van der Waals surface area (Å²) in [4.78, 5) is 2.12. The Morgan fingerprint density at radius 1 is 1.35 bits per heavy atom. The van der Waals surface area contributed by atoms with Gasteiger partial charge in [0.2, 0.25) is 0 Å². The third-order valence-corrected chi connectivity index (χ3v) is 3.63. The summed E-state index contributed by atoms with van der Waals surface area (Å²) in [5.41, 5.74) is 8.21. The van der Waals surface area contributed by atoms with Gasteiger partial charge in [0, 0.05) is 19.6 Å². The summed E-state index contributed by atoms with van der Waals surface area (Å²) in [6.07, 6.45) is 2.11. The van der Waals surface area contributed by atoms with Crippen LogP contribution in [0.25, 0.3) is 0 Å². The van der Waals surface area contributed by atoms with Crippen molar-refractivity contribution in [2.24, 2.45) is 5.73 Å². The Kier molecular flexibility index (Phi) is 7.35. The SMILES string of the molecule is CCC(N)Cc1ccc(N(C)CCOC(C)C)c(Cl)c1. The van der Waals surface area contributed by atoms with E-state index in [9.17, 15) is 0 Å². The first-order valence-corrected chi connectivity index (χ1v) is 7.68. The van der Waals surface area contributed by atoms with Crippen LogP contribution in [0.15, 0.2) is 18.2 Å². The lowest BCUT2D eigenvalue weighted by molar-refractivity contribution is 0.0846. The fourth-order valence-corrected chi connectivity index (χ4v) is 2.33. The van der Waals surface area contributed by atoms with E-state index in [1.54, 1.807) is 0 Å². The molecule has 0 bridgehead atoms. The van der Waals surface area contributed by atoms with Gasteiger partial charge < -0.3 is 15.4 Å². The van der Waals surface area contributed by atoms with Crippen molar-refractivity contribution in [3.63, 3.8) is 0 Å². The number of benzene rings is 1. The van der Waals surface area contributed by atoms with Crippen molar-refractivity contribution < 1.29 is 4.74 Å². The summed E-state index contributed by atoms with van der Waals surface area (Å²) >= 11 is 6.37. The number of hydrogen-bond donors (Lipinski definition) is 1. The zero-order valence-electron chi connectivity index (χ0n) is 13.0. The Balaban J connectivity index is 2.62. The molecule has 0 saturated carbocycles. The Bertz CT molecular complexity index is 409. The van der Waals surface area contributed by atoms with Gasteiger partial charge in [0.1, 0.15) is 0 Å². The molecule has 0 spiro atoms. The number of rotatable bonds is 8. The molecule has 0 aliphatic heterocycles. The molecule has 114 valence electrons. The highest BCUT2D eigenvalue weighted by atomic mass is 35.5. The molecule has 1 atom stereocenters. The van der Waals surface area contributed by atoms with E-state index in [-0.39, 0.29) is 12.1 Å². The fraction of sp³-hybridized carbons (Fsp3) is 0.625. The van der Waals surface area contributed by atoms with Crippen LogP contribution in [0.1, 0.15) is 32.8 Å². The van der Waals surface area contributed by atoms with Crippen molar-refractivity contribution in [3.8, 4) is 0 Å². The van der Waals surface area contributed by atoms with Crippen LogP contribution < -0.4 is 10.6 Å². The van der Waals surface area contributed by atoms with E-state index in [2.05, 4.69) is 24.0 Å². The number of halogens is 1. The monoisotopic (exact) mass is 298 g/mol. The van der Waals surface area contributed by atoms with Gasteiger partial charge in [-0.05, 0) is 44.4 Å². The van der Waals surface area contributed by atoms with E-state index in [1.807, 2.05) is 27.0 Å². The second-order valence-electron chi connectivity index (χ2n) is 5.50. The highest BCUT2D eigenvalue weighted by Gasteiger charge is 2.09. The summed E-state index contributed by atoms with van der Waals surface area (Å²) < 4.78 is 5.56. The zero-order valence-corrected chi connectivity index (χ0v) is 13.8. The van der Waals surface area contributed by atoms with Crippen molar-refractivity contribution in [2.75, 3.05) is 25.1 Å². The number of nitrogens with two attached hydrogens (primary N) is 1.